The van der Waals surface area contributed by atoms with Crippen molar-refractivity contribution in [2.45, 2.75) is 38.1 Å². The number of anilines is 1. The lowest BCUT2D eigenvalue weighted by Crippen LogP contribution is -2.42. The monoisotopic (exact) mass is 526 g/mol. The number of pyridine rings is 1. The van der Waals surface area contributed by atoms with Crippen molar-refractivity contribution in [3.63, 3.8) is 0 Å². The molecule has 0 bridgehead atoms. The summed E-state index contributed by atoms with van der Waals surface area (Å²) in [6.07, 6.45) is 2.62. The predicted octanol–water partition coefficient (Wildman–Crippen LogP) is 3.91. The van der Waals surface area contributed by atoms with Crippen molar-refractivity contribution in [1.29, 1.82) is 0 Å². The maximum atomic E-state index is 13.4. The summed E-state index contributed by atoms with van der Waals surface area (Å²) in [7, 11) is -3.83. The molecule has 196 valence electrons. The van der Waals surface area contributed by atoms with Crippen LogP contribution in [0.1, 0.15) is 37.7 Å². The van der Waals surface area contributed by atoms with E-state index in [4.69, 9.17) is 4.74 Å². The number of imidazole rings is 1. The average molecular weight is 527 g/mol. The first-order valence-electron chi connectivity index (χ1n) is 11.3. The van der Waals surface area contributed by atoms with E-state index in [-0.39, 0.29) is 18.1 Å². The van der Waals surface area contributed by atoms with Crippen LogP contribution in [0.4, 0.5) is 18.9 Å². The van der Waals surface area contributed by atoms with Gasteiger partial charge < -0.3 is 9.64 Å². The van der Waals surface area contributed by atoms with Gasteiger partial charge in [0.25, 0.3) is 5.91 Å². The molecule has 3 aromatic rings. The first kappa shape index (κ1) is 27.3. The van der Waals surface area contributed by atoms with Crippen LogP contribution in [0, 0.1) is 5.82 Å². The van der Waals surface area contributed by atoms with Gasteiger partial charge in [0.15, 0.2) is 0 Å². The van der Waals surface area contributed by atoms with E-state index in [9.17, 15) is 26.4 Å². The lowest BCUT2D eigenvalue weighted by atomic mass is 10.3. The van der Waals surface area contributed by atoms with Crippen LogP contribution in [-0.4, -0.2) is 61.0 Å². The average Bonchev–Trinajstić information content (AvgIpc) is 3.44. The number of hydrogen-bond donors (Lipinski definition) is 1. The minimum absolute atomic E-state index is 0.0195. The number of carbonyl (C=O) groups is 1. The van der Waals surface area contributed by atoms with E-state index >= 15 is 0 Å². The molecule has 1 unspecified atom stereocenters. The Labute approximate surface area is 208 Å². The SMILES string of the molecule is CC(C)(C)S(=O)(=O)NC(=O)c1cnc2ccc(N3CCC(F)C3)cn12.FCCOc1ccc(F)cc1. The number of nitrogens with one attached hydrogen (secondary N) is 1. The number of sulfonamides is 1. The molecular formula is C24H29F3N4O4S. The number of halogens is 3. The van der Waals surface area contributed by atoms with Crippen LogP contribution in [-0.2, 0) is 10.0 Å². The second kappa shape index (κ2) is 11.2. The highest BCUT2D eigenvalue weighted by atomic mass is 32.2. The fourth-order valence-electron chi connectivity index (χ4n) is 3.29. The minimum atomic E-state index is -3.83. The molecular weight excluding hydrogens is 497 g/mol. The van der Waals surface area contributed by atoms with E-state index in [1.54, 1.807) is 12.3 Å². The molecule has 1 N–H and O–H groups in total. The van der Waals surface area contributed by atoms with E-state index in [0.717, 1.165) is 5.69 Å². The van der Waals surface area contributed by atoms with Crippen molar-refractivity contribution in [2.24, 2.45) is 0 Å². The van der Waals surface area contributed by atoms with Gasteiger partial charge in [-0.05, 0) is 63.6 Å². The van der Waals surface area contributed by atoms with Gasteiger partial charge in [-0.1, -0.05) is 0 Å². The Balaban J connectivity index is 0.000000275. The first-order chi connectivity index (χ1) is 16.9. The number of rotatable bonds is 6. The summed E-state index contributed by atoms with van der Waals surface area (Å²) < 4.78 is 69.0. The molecule has 1 aromatic carbocycles. The Kier molecular flexibility index (Phi) is 8.49. The van der Waals surface area contributed by atoms with Crippen LogP contribution in [0.25, 0.3) is 5.65 Å². The molecule has 1 fully saturated rings. The molecule has 0 aliphatic carbocycles. The summed E-state index contributed by atoms with van der Waals surface area (Å²) in [5.41, 5.74) is 1.39. The Hall–Kier alpha value is -3.28. The van der Waals surface area contributed by atoms with E-state index in [2.05, 4.69) is 9.71 Å². The van der Waals surface area contributed by atoms with Gasteiger partial charge in [-0.15, -0.1) is 0 Å². The van der Waals surface area contributed by atoms with Gasteiger partial charge in [-0.25, -0.2) is 31.3 Å². The molecule has 0 radical (unpaired) electrons. The fraction of sp³-hybridized carbons (Fsp3) is 0.417. The van der Waals surface area contributed by atoms with Crippen LogP contribution in [0.5, 0.6) is 5.75 Å². The normalized spacial score (nSPS) is 15.9. The number of nitrogens with zero attached hydrogens (tertiary/aromatic N) is 3. The molecule has 0 saturated carbocycles. The van der Waals surface area contributed by atoms with Crippen molar-refractivity contribution in [3.8, 4) is 5.75 Å². The molecule has 36 heavy (non-hydrogen) atoms. The molecule has 3 heterocycles. The van der Waals surface area contributed by atoms with E-state index in [0.29, 0.717) is 30.9 Å². The molecule has 12 heteroatoms. The largest absolute Gasteiger partial charge is 0.491 e. The highest BCUT2D eigenvalue weighted by molar-refractivity contribution is 7.91. The van der Waals surface area contributed by atoms with Gasteiger partial charge in [0.1, 0.15) is 42.4 Å². The third-order valence-corrected chi connectivity index (χ3v) is 7.48. The van der Waals surface area contributed by atoms with Gasteiger partial charge in [-0.3, -0.25) is 9.20 Å². The Morgan fingerprint density at radius 2 is 1.89 bits per heavy atom. The number of carbonyl (C=O) groups excluding carboxylic acids is 1. The second-order valence-electron chi connectivity index (χ2n) is 9.13. The second-order valence-corrected chi connectivity index (χ2v) is 11.6. The molecule has 8 nitrogen and oxygen atoms in total. The van der Waals surface area contributed by atoms with Crippen molar-refractivity contribution in [1.82, 2.24) is 14.1 Å². The zero-order valence-electron chi connectivity index (χ0n) is 20.2. The Morgan fingerprint density at radius 3 is 2.47 bits per heavy atom. The van der Waals surface area contributed by atoms with Gasteiger partial charge in [0.2, 0.25) is 10.0 Å². The third kappa shape index (κ3) is 6.68. The molecule has 1 saturated heterocycles. The minimum Gasteiger partial charge on any atom is -0.491 e. The highest BCUT2D eigenvalue weighted by Gasteiger charge is 2.32. The van der Waals surface area contributed by atoms with Gasteiger partial charge in [0, 0.05) is 19.3 Å². The van der Waals surface area contributed by atoms with Gasteiger partial charge in [-0.2, -0.15) is 0 Å². The van der Waals surface area contributed by atoms with Crippen molar-refractivity contribution in [2.75, 3.05) is 31.3 Å². The van der Waals surface area contributed by atoms with Crippen LogP contribution in [0.2, 0.25) is 0 Å². The van der Waals surface area contributed by atoms with Crippen molar-refractivity contribution < 1.29 is 31.1 Å². The summed E-state index contributed by atoms with van der Waals surface area (Å²) in [5, 5.41) is 0. The predicted molar refractivity (Wildman–Crippen MR) is 131 cm³/mol. The topological polar surface area (TPSA) is 93.0 Å². The highest BCUT2D eigenvalue weighted by Crippen LogP contribution is 2.23. The number of aromatic nitrogens is 2. The number of amides is 1. The lowest BCUT2D eigenvalue weighted by Gasteiger charge is -2.20. The Morgan fingerprint density at radius 1 is 1.19 bits per heavy atom. The van der Waals surface area contributed by atoms with Crippen LogP contribution < -0.4 is 14.4 Å². The summed E-state index contributed by atoms with van der Waals surface area (Å²) in [5.74, 6) is -0.578. The summed E-state index contributed by atoms with van der Waals surface area (Å²) >= 11 is 0. The fourth-order valence-corrected chi connectivity index (χ4v) is 3.95. The van der Waals surface area contributed by atoms with Crippen LogP contribution >= 0.6 is 0 Å². The standard InChI is InChI=1S/C16H21FN4O3S.C8H8F2O/c1-16(2,3)25(23,24)19-15(22)13-8-18-14-5-4-12(10-21(13)14)20-7-6-11(17)9-20;9-5-6-11-8-3-1-7(10)2-4-8/h4-5,8,10-11H,6-7,9H2,1-3H3,(H,19,22);1-4H,5-6H2. The summed E-state index contributed by atoms with van der Waals surface area (Å²) in [6.45, 7) is 4.92. The maximum Gasteiger partial charge on any atom is 0.283 e. The molecule has 1 atom stereocenters. The molecule has 1 aliphatic rings. The maximum absolute atomic E-state index is 13.4. The zero-order valence-corrected chi connectivity index (χ0v) is 21.1. The van der Waals surface area contributed by atoms with Crippen LogP contribution in [0.15, 0.2) is 48.8 Å². The summed E-state index contributed by atoms with van der Waals surface area (Å²) in [6, 6.07) is 9.00. The number of ether oxygens (including phenoxy) is 1. The smallest absolute Gasteiger partial charge is 0.283 e. The first-order valence-corrected chi connectivity index (χ1v) is 12.8. The molecule has 1 aliphatic heterocycles. The number of hydrogen-bond acceptors (Lipinski definition) is 6. The quantitative estimate of drug-likeness (QED) is 0.524. The lowest BCUT2D eigenvalue weighted by molar-refractivity contribution is 0.0975. The van der Waals surface area contributed by atoms with E-state index in [1.165, 1.54) is 55.6 Å². The number of alkyl halides is 2. The summed E-state index contributed by atoms with van der Waals surface area (Å²) in [4.78, 5) is 18.5. The van der Waals surface area contributed by atoms with Crippen molar-refractivity contribution in [3.05, 3.63) is 60.3 Å². The number of fused-ring (bicyclic) bond motifs is 1. The zero-order chi connectivity index (χ0) is 26.5. The van der Waals surface area contributed by atoms with Crippen LogP contribution in [0.3, 0.4) is 0 Å². The third-order valence-electron chi connectivity index (χ3n) is 5.41. The Bertz CT molecular complexity index is 1290. The molecule has 0 spiro atoms. The van der Waals surface area contributed by atoms with E-state index < -0.39 is 33.5 Å². The molecule has 2 aromatic heterocycles. The molecule has 1 amide bonds. The van der Waals surface area contributed by atoms with Gasteiger partial charge >= 0.3 is 0 Å². The van der Waals surface area contributed by atoms with E-state index in [1.807, 2.05) is 11.0 Å². The number of benzene rings is 1. The molecule has 4 rings (SSSR count). The van der Waals surface area contributed by atoms with Gasteiger partial charge in [0.05, 0.1) is 16.6 Å². The van der Waals surface area contributed by atoms with Crippen molar-refractivity contribution >= 4 is 27.3 Å².